The van der Waals surface area contributed by atoms with Crippen LogP contribution in [0.25, 0.3) is 0 Å². The van der Waals surface area contributed by atoms with Crippen molar-refractivity contribution >= 4 is 14.5 Å². The van der Waals surface area contributed by atoms with Crippen molar-refractivity contribution in [1.82, 2.24) is 9.55 Å². The molecule has 1 aromatic heterocycles. The van der Waals surface area contributed by atoms with Crippen LogP contribution in [0.15, 0.2) is 17.1 Å². The van der Waals surface area contributed by atoms with Crippen LogP contribution >= 0.6 is 8.69 Å². The van der Waals surface area contributed by atoms with Crippen LogP contribution in [0.4, 0.5) is 5.82 Å². The van der Waals surface area contributed by atoms with E-state index in [0.29, 0.717) is 0 Å². The molecule has 4 atom stereocenters. The second-order valence-corrected chi connectivity index (χ2v) is 4.37. The number of nitrogens with zero attached hydrogens (tertiary/aromatic N) is 2. The molecule has 0 radical (unpaired) electrons. The first-order chi connectivity index (χ1) is 9.04. The third-order valence-corrected chi connectivity index (χ3v) is 3.01. The molecule has 1 saturated heterocycles. The van der Waals surface area contributed by atoms with E-state index in [1.807, 2.05) is 0 Å². The van der Waals surface area contributed by atoms with E-state index in [9.17, 15) is 19.6 Å². The number of rotatable bonds is 4. The minimum Gasteiger partial charge on any atom is -0.387 e. The van der Waals surface area contributed by atoms with E-state index in [1.165, 1.54) is 12.3 Å². The third-order valence-electron chi connectivity index (χ3n) is 2.75. The summed E-state index contributed by atoms with van der Waals surface area (Å²) < 4.78 is 21.1. The first-order valence-corrected chi connectivity index (χ1v) is 6.08. The topological polar surface area (TPSA) is 137 Å². The Bertz CT molecular complexity index is 523. The molecule has 9 nitrogen and oxygen atoms in total. The molecular formula is C9H12N3O6P. The van der Waals surface area contributed by atoms with Crippen molar-refractivity contribution in [1.29, 1.82) is 0 Å². The Morgan fingerprint density at radius 3 is 2.89 bits per heavy atom. The number of aromatic nitrogens is 2. The zero-order chi connectivity index (χ0) is 14.0. The molecule has 0 bridgehead atoms. The molecule has 19 heavy (non-hydrogen) atoms. The zero-order valence-electron chi connectivity index (χ0n) is 9.62. The predicted octanol–water partition coefficient (Wildman–Crippen LogP) is -1.33. The Morgan fingerprint density at radius 1 is 1.53 bits per heavy atom. The van der Waals surface area contributed by atoms with Gasteiger partial charge in [0.2, 0.25) is 0 Å². The highest BCUT2D eigenvalue weighted by molar-refractivity contribution is 7.17. The monoisotopic (exact) mass is 289 g/mol. The largest absolute Gasteiger partial charge is 0.387 e. The summed E-state index contributed by atoms with van der Waals surface area (Å²) in [6.07, 6.45) is -3.30. The molecule has 2 rings (SSSR count). The van der Waals surface area contributed by atoms with Crippen molar-refractivity contribution < 1.29 is 24.0 Å². The Balaban J connectivity index is 2.21. The molecule has 0 aliphatic carbocycles. The number of ether oxygens (including phenoxy) is 1. The van der Waals surface area contributed by atoms with Crippen molar-refractivity contribution in [2.75, 3.05) is 12.3 Å². The van der Waals surface area contributed by atoms with E-state index < -0.39 is 38.9 Å². The van der Waals surface area contributed by atoms with Gasteiger partial charge in [0.05, 0.1) is 6.61 Å². The quantitative estimate of drug-likeness (QED) is 0.580. The number of hydrogen-bond acceptors (Lipinski definition) is 8. The Kier molecular flexibility index (Phi) is 4.23. The first-order valence-electron chi connectivity index (χ1n) is 5.35. The fourth-order valence-electron chi connectivity index (χ4n) is 1.82. The van der Waals surface area contributed by atoms with Crippen LogP contribution in [-0.2, 0) is 13.8 Å². The Labute approximate surface area is 108 Å². The maximum Gasteiger partial charge on any atom is 0.351 e. The number of anilines is 1. The van der Waals surface area contributed by atoms with Crippen LogP contribution in [-0.4, -0.2) is 44.7 Å². The molecule has 2 heterocycles. The average Bonchev–Trinajstić information content (AvgIpc) is 2.64. The summed E-state index contributed by atoms with van der Waals surface area (Å²) in [7, 11) is -0.563. The van der Waals surface area contributed by atoms with Crippen molar-refractivity contribution in [2.45, 2.75) is 24.5 Å². The predicted molar refractivity (Wildman–Crippen MR) is 62.4 cm³/mol. The maximum absolute atomic E-state index is 11.6. The van der Waals surface area contributed by atoms with Gasteiger partial charge in [0.15, 0.2) is 6.23 Å². The molecule has 1 unspecified atom stereocenters. The lowest BCUT2D eigenvalue weighted by atomic mass is 10.1. The number of nitrogen functional groups attached to an aromatic ring is 1. The van der Waals surface area contributed by atoms with Gasteiger partial charge in [-0.15, -0.1) is 0 Å². The lowest BCUT2D eigenvalue weighted by molar-refractivity contribution is -0.0503. The third kappa shape index (κ3) is 2.80. The minimum absolute atomic E-state index is 0.0410. The molecule has 4 N–H and O–H groups in total. The van der Waals surface area contributed by atoms with E-state index in [-0.39, 0.29) is 12.4 Å². The number of aliphatic hydroxyl groups excluding tert-OH is 2. The molecule has 1 fully saturated rings. The van der Waals surface area contributed by atoms with Crippen LogP contribution in [0.3, 0.4) is 0 Å². The van der Waals surface area contributed by atoms with Gasteiger partial charge >= 0.3 is 14.4 Å². The lowest BCUT2D eigenvalue weighted by Crippen LogP contribution is -2.36. The van der Waals surface area contributed by atoms with Crippen molar-refractivity contribution in [3.8, 4) is 0 Å². The molecule has 0 amide bonds. The van der Waals surface area contributed by atoms with Crippen LogP contribution in [0.2, 0.25) is 0 Å². The molecule has 10 heteroatoms. The molecule has 1 aliphatic heterocycles. The number of aliphatic hydroxyl groups is 2. The first kappa shape index (κ1) is 14.0. The minimum atomic E-state index is -1.33. The van der Waals surface area contributed by atoms with E-state index in [2.05, 4.69) is 9.51 Å². The van der Waals surface area contributed by atoms with Crippen molar-refractivity contribution in [2.24, 2.45) is 0 Å². The smallest absolute Gasteiger partial charge is 0.351 e. The average molecular weight is 289 g/mol. The lowest BCUT2D eigenvalue weighted by Gasteiger charge is -2.16. The van der Waals surface area contributed by atoms with Crippen LogP contribution in [0, 0.1) is 0 Å². The standard InChI is InChI=1S/C9H12N3O6P/c10-5-1-2-12(9(15)11-5)8-7(14)6(13)4(18-8)3-17-19-16/h1-2,4,6-8,13-14H,3H2,(H2,10,11,15)/t4-,6-,7?,8-/m1/s1. The second-order valence-electron chi connectivity index (χ2n) is 3.96. The maximum atomic E-state index is 11.6. The fourth-order valence-corrected chi connectivity index (χ4v) is 2.03. The van der Waals surface area contributed by atoms with Gasteiger partial charge in [-0.3, -0.25) is 9.09 Å². The molecule has 1 aromatic rings. The van der Waals surface area contributed by atoms with Gasteiger partial charge in [-0.25, -0.2) is 9.36 Å². The summed E-state index contributed by atoms with van der Waals surface area (Å²) in [4.78, 5) is 15.1. The van der Waals surface area contributed by atoms with E-state index in [0.717, 1.165) is 4.57 Å². The van der Waals surface area contributed by atoms with Crippen molar-refractivity contribution in [3.05, 3.63) is 22.7 Å². The van der Waals surface area contributed by atoms with E-state index >= 15 is 0 Å². The Morgan fingerprint density at radius 2 is 2.26 bits per heavy atom. The van der Waals surface area contributed by atoms with Gasteiger partial charge in [0, 0.05) is 6.20 Å². The van der Waals surface area contributed by atoms with Gasteiger partial charge in [0.1, 0.15) is 24.1 Å². The van der Waals surface area contributed by atoms with Gasteiger partial charge in [-0.2, -0.15) is 4.98 Å². The molecule has 0 saturated carbocycles. The molecule has 104 valence electrons. The van der Waals surface area contributed by atoms with Gasteiger partial charge in [0.25, 0.3) is 0 Å². The van der Waals surface area contributed by atoms with Crippen LogP contribution in [0.5, 0.6) is 0 Å². The molecular weight excluding hydrogens is 277 g/mol. The number of nitrogens with two attached hydrogens (primary N) is 1. The van der Waals surface area contributed by atoms with Gasteiger partial charge < -0.3 is 20.7 Å². The van der Waals surface area contributed by atoms with E-state index in [4.69, 9.17) is 10.5 Å². The molecule has 1 aliphatic rings. The Hall–Kier alpha value is -1.38. The van der Waals surface area contributed by atoms with Crippen molar-refractivity contribution in [3.63, 3.8) is 0 Å². The van der Waals surface area contributed by atoms with Gasteiger partial charge in [-0.1, -0.05) is 0 Å². The normalized spacial score (nSPS) is 30.8. The van der Waals surface area contributed by atoms with Crippen LogP contribution < -0.4 is 11.4 Å². The summed E-state index contributed by atoms with van der Waals surface area (Å²) in [5, 5.41) is 19.6. The second kappa shape index (κ2) is 5.72. The number of hydrogen-bond donors (Lipinski definition) is 3. The zero-order valence-corrected chi connectivity index (χ0v) is 10.5. The SMILES string of the molecule is Nc1ccn([C@@H]2O[C@H](COP=O)[C@@H](O)C2O)c(=O)n1. The van der Waals surface area contributed by atoms with Crippen LogP contribution in [0.1, 0.15) is 6.23 Å². The highest BCUT2D eigenvalue weighted by atomic mass is 31.1. The summed E-state index contributed by atoms with van der Waals surface area (Å²) in [5.41, 5.74) is 4.64. The highest BCUT2D eigenvalue weighted by Crippen LogP contribution is 2.29. The van der Waals surface area contributed by atoms with E-state index in [1.54, 1.807) is 0 Å². The molecule has 0 spiro atoms. The summed E-state index contributed by atoms with van der Waals surface area (Å²) in [6, 6.07) is 1.37. The van der Waals surface area contributed by atoms with Gasteiger partial charge in [-0.05, 0) is 6.07 Å². The summed E-state index contributed by atoms with van der Waals surface area (Å²) in [5.74, 6) is 0.0410. The summed E-state index contributed by atoms with van der Waals surface area (Å²) >= 11 is 0. The fraction of sp³-hybridized carbons (Fsp3) is 0.556. The summed E-state index contributed by atoms with van der Waals surface area (Å²) in [6.45, 7) is -0.184. The highest BCUT2D eigenvalue weighted by Gasteiger charge is 2.44. The molecule has 0 aromatic carbocycles.